The molecule has 10 heteroatoms. The number of esters is 1. The van der Waals surface area contributed by atoms with E-state index in [0.29, 0.717) is 11.3 Å². The van der Waals surface area contributed by atoms with Crippen molar-refractivity contribution in [2.45, 2.75) is 11.8 Å². The Labute approximate surface area is 189 Å². The molecule has 0 atom stereocenters. The minimum Gasteiger partial charge on any atom is -0.452 e. The van der Waals surface area contributed by atoms with Crippen LogP contribution >= 0.6 is 0 Å². The first-order valence-electron chi connectivity index (χ1n) is 9.61. The Balaban J connectivity index is 1.67. The van der Waals surface area contributed by atoms with Crippen LogP contribution in [0.25, 0.3) is 0 Å². The fourth-order valence-corrected chi connectivity index (χ4v) is 3.87. The topological polar surface area (TPSA) is 119 Å². The van der Waals surface area contributed by atoms with Gasteiger partial charge in [-0.2, -0.15) is 0 Å². The normalized spacial score (nSPS) is 10.8. The molecule has 0 aromatic heterocycles. The summed E-state index contributed by atoms with van der Waals surface area (Å²) >= 11 is 0. The number of sulfonamides is 1. The Kier molecular flexibility index (Phi) is 7.19. The van der Waals surface area contributed by atoms with E-state index in [9.17, 15) is 27.2 Å². The highest BCUT2D eigenvalue weighted by Gasteiger charge is 2.20. The van der Waals surface area contributed by atoms with Gasteiger partial charge in [0.05, 0.1) is 16.1 Å². The molecule has 0 saturated carbocycles. The highest BCUT2D eigenvalue weighted by Crippen LogP contribution is 2.21. The summed E-state index contributed by atoms with van der Waals surface area (Å²) in [5, 5.41) is 2.51. The molecule has 0 saturated heterocycles. The van der Waals surface area contributed by atoms with Gasteiger partial charge in [-0.25, -0.2) is 17.6 Å². The summed E-state index contributed by atoms with van der Waals surface area (Å²) in [6, 6.07) is 16.1. The summed E-state index contributed by atoms with van der Waals surface area (Å²) in [6.45, 7) is 0.757. The molecule has 3 aromatic rings. The van der Waals surface area contributed by atoms with Crippen molar-refractivity contribution >= 4 is 39.1 Å². The number of nitrogens with one attached hydrogen (secondary N) is 2. The number of carbonyl (C=O) groups excluding carboxylic acids is 3. The average molecular weight is 470 g/mol. The Morgan fingerprint density at radius 2 is 1.64 bits per heavy atom. The van der Waals surface area contributed by atoms with Gasteiger partial charge in [-0.15, -0.1) is 0 Å². The first-order valence-corrected chi connectivity index (χ1v) is 11.1. The van der Waals surface area contributed by atoms with Crippen LogP contribution in [0.4, 0.5) is 15.8 Å². The number of benzene rings is 3. The molecule has 0 fully saturated rings. The molecule has 0 aliphatic rings. The van der Waals surface area contributed by atoms with E-state index >= 15 is 0 Å². The summed E-state index contributed by atoms with van der Waals surface area (Å²) in [4.78, 5) is 35.9. The number of ether oxygens (including phenoxy) is 1. The van der Waals surface area contributed by atoms with Crippen LogP contribution in [0.2, 0.25) is 0 Å². The lowest BCUT2D eigenvalue weighted by Crippen LogP contribution is -2.22. The van der Waals surface area contributed by atoms with Gasteiger partial charge < -0.3 is 10.1 Å². The number of halogens is 1. The van der Waals surface area contributed by atoms with Crippen LogP contribution in [-0.4, -0.2) is 32.7 Å². The van der Waals surface area contributed by atoms with Crippen LogP contribution in [0, 0.1) is 5.82 Å². The van der Waals surface area contributed by atoms with E-state index in [-0.39, 0.29) is 21.9 Å². The maximum absolute atomic E-state index is 13.1. The Morgan fingerprint density at radius 1 is 0.939 bits per heavy atom. The highest BCUT2D eigenvalue weighted by molar-refractivity contribution is 7.92. The number of anilines is 2. The maximum Gasteiger partial charge on any atom is 0.340 e. The molecule has 0 spiro atoms. The van der Waals surface area contributed by atoms with Crippen LogP contribution in [0.1, 0.15) is 27.6 Å². The summed E-state index contributed by atoms with van der Waals surface area (Å²) in [5.41, 5.74) is 0.583. The zero-order valence-electron chi connectivity index (χ0n) is 17.4. The van der Waals surface area contributed by atoms with Gasteiger partial charge in [0.2, 0.25) is 0 Å². The lowest BCUT2D eigenvalue weighted by atomic mass is 10.1. The Hall–Kier alpha value is -4.05. The molecule has 8 nitrogen and oxygen atoms in total. The molecule has 33 heavy (non-hydrogen) atoms. The van der Waals surface area contributed by atoms with Crippen LogP contribution in [0.15, 0.2) is 77.7 Å². The molecule has 3 rings (SSSR count). The van der Waals surface area contributed by atoms with Crippen molar-refractivity contribution in [3.63, 3.8) is 0 Å². The van der Waals surface area contributed by atoms with Gasteiger partial charge in [0.25, 0.3) is 15.9 Å². The summed E-state index contributed by atoms with van der Waals surface area (Å²) < 4.78 is 45.5. The van der Waals surface area contributed by atoms with Crippen molar-refractivity contribution in [3.05, 3.63) is 89.7 Å². The Bertz CT molecular complexity index is 1310. The average Bonchev–Trinajstić information content (AvgIpc) is 2.78. The van der Waals surface area contributed by atoms with Gasteiger partial charge >= 0.3 is 5.97 Å². The zero-order chi connectivity index (χ0) is 24.0. The molecule has 2 N–H and O–H groups in total. The second-order valence-corrected chi connectivity index (χ2v) is 8.55. The number of para-hydroxylation sites is 1. The minimum absolute atomic E-state index is 0.0682. The molecule has 0 bridgehead atoms. The van der Waals surface area contributed by atoms with Gasteiger partial charge in [0, 0.05) is 11.3 Å². The van der Waals surface area contributed by atoms with E-state index in [0.717, 1.165) is 24.3 Å². The summed E-state index contributed by atoms with van der Waals surface area (Å²) in [7, 11) is -4.10. The quantitative estimate of drug-likeness (QED) is 0.383. The van der Waals surface area contributed by atoms with E-state index < -0.39 is 34.3 Å². The van der Waals surface area contributed by atoms with Crippen molar-refractivity contribution in [2.75, 3.05) is 16.6 Å². The number of ketones is 1. The second kappa shape index (κ2) is 10.0. The van der Waals surface area contributed by atoms with Crippen LogP contribution in [0.5, 0.6) is 0 Å². The fraction of sp³-hybridized carbons (Fsp3) is 0.0870. The number of hydrogen-bond donors (Lipinski definition) is 2. The third kappa shape index (κ3) is 6.23. The molecule has 0 radical (unpaired) electrons. The van der Waals surface area contributed by atoms with Crippen molar-refractivity contribution in [1.82, 2.24) is 0 Å². The van der Waals surface area contributed by atoms with Crippen molar-refractivity contribution in [2.24, 2.45) is 0 Å². The van der Waals surface area contributed by atoms with Crippen molar-refractivity contribution in [3.8, 4) is 0 Å². The number of Topliss-reactive ketones (excluding diaryl/α,β-unsaturated/α-hetero) is 1. The van der Waals surface area contributed by atoms with Gasteiger partial charge in [-0.3, -0.25) is 14.3 Å². The van der Waals surface area contributed by atoms with E-state index in [4.69, 9.17) is 4.74 Å². The van der Waals surface area contributed by atoms with Gasteiger partial charge in [0.15, 0.2) is 12.4 Å². The maximum atomic E-state index is 13.1. The monoisotopic (exact) mass is 470 g/mol. The number of hydrogen-bond acceptors (Lipinski definition) is 6. The predicted molar refractivity (Wildman–Crippen MR) is 119 cm³/mol. The van der Waals surface area contributed by atoms with Gasteiger partial charge in [0.1, 0.15) is 5.82 Å². The van der Waals surface area contributed by atoms with Crippen LogP contribution in [-0.2, 0) is 19.6 Å². The smallest absolute Gasteiger partial charge is 0.340 e. The summed E-state index contributed by atoms with van der Waals surface area (Å²) in [6.07, 6.45) is 0. The van der Waals surface area contributed by atoms with E-state index in [1.165, 1.54) is 37.3 Å². The molecule has 0 heterocycles. The molecular weight excluding hydrogens is 451 g/mol. The standard InChI is InChI=1S/C23H19FN2O6S/c1-15(27)16-5-4-6-18(13-16)25-22(28)14-32-23(29)20-7-2-3-8-21(20)26-33(30,31)19-11-9-17(24)10-12-19/h2-13,26H,14H2,1H3,(H,25,28). The molecule has 170 valence electrons. The van der Waals surface area contributed by atoms with E-state index in [1.807, 2.05) is 0 Å². The third-order valence-corrected chi connectivity index (χ3v) is 5.78. The number of carbonyl (C=O) groups is 3. The number of amides is 1. The molecule has 1 amide bonds. The first-order chi connectivity index (χ1) is 15.7. The number of rotatable bonds is 8. The third-order valence-electron chi connectivity index (χ3n) is 4.40. The molecular formula is C23H19FN2O6S. The first kappa shape index (κ1) is 23.6. The highest BCUT2D eigenvalue weighted by atomic mass is 32.2. The lowest BCUT2D eigenvalue weighted by Gasteiger charge is -2.12. The van der Waals surface area contributed by atoms with E-state index in [2.05, 4.69) is 10.0 Å². The molecule has 0 unspecified atom stereocenters. The minimum atomic E-state index is -4.10. The lowest BCUT2D eigenvalue weighted by molar-refractivity contribution is -0.119. The summed E-state index contributed by atoms with van der Waals surface area (Å²) in [5.74, 6) is -2.34. The van der Waals surface area contributed by atoms with Gasteiger partial charge in [-0.05, 0) is 55.5 Å². The van der Waals surface area contributed by atoms with Crippen LogP contribution < -0.4 is 10.0 Å². The van der Waals surface area contributed by atoms with Crippen molar-refractivity contribution < 1.29 is 31.9 Å². The molecule has 0 aliphatic carbocycles. The predicted octanol–water partition coefficient (Wildman–Crippen LogP) is 3.62. The Morgan fingerprint density at radius 3 is 2.33 bits per heavy atom. The van der Waals surface area contributed by atoms with E-state index in [1.54, 1.807) is 18.2 Å². The molecule has 3 aromatic carbocycles. The zero-order valence-corrected chi connectivity index (χ0v) is 18.2. The van der Waals surface area contributed by atoms with Crippen molar-refractivity contribution in [1.29, 1.82) is 0 Å². The van der Waals surface area contributed by atoms with Gasteiger partial charge in [-0.1, -0.05) is 24.3 Å². The fourth-order valence-electron chi connectivity index (χ4n) is 2.79. The largest absolute Gasteiger partial charge is 0.452 e. The van der Waals surface area contributed by atoms with Crippen LogP contribution in [0.3, 0.4) is 0 Å². The SMILES string of the molecule is CC(=O)c1cccc(NC(=O)COC(=O)c2ccccc2NS(=O)(=O)c2ccc(F)cc2)c1. The second-order valence-electron chi connectivity index (χ2n) is 6.87. The molecule has 0 aliphatic heterocycles.